The second kappa shape index (κ2) is 4.72. The van der Waals surface area contributed by atoms with Gasteiger partial charge in [-0.2, -0.15) is 11.8 Å². The Balaban J connectivity index is 2.33. The van der Waals surface area contributed by atoms with Crippen LogP contribution in [0.1, 0.15) is 26.0 Å². The molecular formula is C8H14N2S2. The molecule has 1 rings (SSSR count). The van der Waals surface area contributed by atoms with E-state index >= 15 is 0 Å². The minimum atomic E-state index is 0.676. The van der Waals surface area contributed by atoms with Gasteiger partial charge in [0, 0.05) is 16.4 Å². The summed E-state index contributed by atoms with van der Waals surface area (Å²) >= 11 is 3.45. The molecule has 0 saturated carbocycles. The molecule has 12 heavy (non-hydrogen) atoms. The predicted molar refractivity (Wildman–Crippen MR) is 57.6 cm³/mol. The SMILES string of the molecule is CCC(C)SCc1csc(N)n1. The fourth-order valence-electron chi connectivity index (χ4n) is 0.734. The molecule has 0 aromatic carbocycles. The highest BCUT2D eigenvalue weighted by atomic mass is 32.2. The fourth-order valence-corrected chi connectivity index (χ4v) is 2.24. The number of nitrogens with two attached hydrogens (primary N) is 1. The molecule has 1 heterocycles. The predicted octanol–water partition coefficient (Wildman–Crippen LogP) is 2.76. The van der Waals surface area contributed by atoms with Crippen LogP contribution in [0.25, 0.3) is 0 Å². The number of rotatable bonds is 4. The van der Waals surface area contributed by atoms with Crippen molar-refractivity contribution < 1.29 is 0 Å². The van der Waals surface area contributed by atoms with Gasteiger partial charge in [0.05, 0.1) is 5.69 Å². The van der Waals surface area contributed by atoms with E-state index in [1.54, 1.807) is 0 Å². The van der Waals surface area contributed by atoms with Crippen molar-refractivity contribution >= 4 is 28.2 Å². The molecule has 0 amide bonds. The molecule has 68 valence electrons. The number of hydrogen-bond acceptors (Lipinski definition) is 4. The van der Waals surface area contributed by atoms with E-state index < -0.39 is 0 Å². The second-order valence-corrected chi connectivity index (χ2v) is 5.02. The summed E-state index contributed by atoms with van der Waals surface area (Å²) in [5.74, 6) is 0.989. The third-order valence-corrected chi connectivity index (χ3v) is 3.75. The number of nitrogen functional groups attached to an aromatic ring is 1. The van der Waals surface area contributed by atoms with Crippen LogP contribution in [0, 0.1) is 0 Å². The lowest BCUT2D eigenvalue weighted by atomic mass is 10.4. The van der Waals surface area contributed by atoms with E-state index in [0.717, 1.165) is 11.4 Å². The highest BCUT2D eigenvalue weighted by Gasteiger charge is 2.02. The Hall–Kier alpha value is -0.220. The summed E-state index contributed by atoms with van der Waals surface area (Å²) in [6, 6.07) is 0. The third kappa shape index (κ3) is 3.03. The van der Waals surface area contributed by atoms with Gasteiger partial charge in [-0.1, -0.05) is 13.8 Å². The molecule has 0 fully saturated rings. The number of aromatic nitrogens is 1. The molecule has 0 aliphatic carbocycles. The lowest BCUT2D eigenvalue weighted by Gasteiger charge is -2.05. The van der Waals surface area contributed by atoms with Gasteiger partial charge in [-0.3, -0.25) is 0 Å². The van der Waals surface area contributed by atoms with Crippen molar-refractivity contribution in [1.82, 2.24) is 4.98 Å². The van der Waals surface area contributed by atoms with E-state index in [1.165, 1.54) is 17.8 Å². The van der Waals surface area contributed by atoms with Crippen LogP contribution < -0.4 is 5.73 Å². The molecule has 1 aromatic heterocycles. The summed E-state index contributed by atoms with van der Waals surface area (Å²) < 4.78 is 0. The largest absolute Gasteiger partial charge is 0.375 e. The average molecular weight is 202 g/mol. The van der Waals surface area contributed by atoms with Crippen LogP contribution in [0.2, 0.25) is 0 Å². The summed E-state index contributed by atoms with van der Waals surface area (Å²) in [5.41, 5.74) is 6.63. The Morgan fingerprint density at radius 1 is 1.75 bits per heavy atom. The van der Waals surface area contributed by atoms with E-state index in [-0.39, 0.29) is 0 Å². The molecule has 1 atom stereocenters. The monoisotopic (exact) mass is 202 g/mol. The summed E-state index contributed by atoms with van der Waals surface area (Å²) in [5, 5.41) is 3.42. The van der Waals surface area contributed by atoms with Crippen molar-refractivity contribution in [3.05, 3.63) is 11.1 Å². The van der Waals surface area contributed by atoms with Gasteiger partial charge in [0.25, 0.3) is 0 Å². The van der Waals surface area contributed by atoms with Crippen molar-refractivity contribution in [1.29, 1.82) is 0 Å². The van der Waals surface area contributed by atoms with Crippen LogP contribution in [-0.2, 0) is 5.75 Å². The lowest BCUT2D eigenvalue weighted by Crippen LogP contribution is -1.94. The minimum Gasteiger partial charge on any atom is -0.375 e. The first-order chi connectivity index (χ1) is 5.72. The highest BCUT2D eigenvalue weighted by molar-refractivity contribution is 7.99. The third-order valence-electron chi connectivity index (χ3n) is 1.66. The zero-order chi connectivity index (χ0) is 8.97. The van der Waals surface area contributed by atoms with Gasteiger partial charge in [0.1, 0.15) is 0 Å². The number of anilines is 1. The maximum Gasteiger partial charge on any atom is 0.180 e. The smallest absolute Gasteiger partial charge is 0.180 e. The fraction of sp³-hybridized carbons (Fsp3) is 0.625. The van der Waals surface area contributed by atoms with Crippen LogP contribution >= 0.6 is 23.1 Å². The van der Waals surface area contributed by atoms with Crippen molar-refractivity contribution in [2.45, 2.75) is 31.3 Å². The summed E-state index contributed by atoms with van der Waals surface area (Å²) in [7, 11) is 0. The first-order valence-electron chi connectivity index (χ1n) is 4.04. The average Bonchev–Trinajstić information content (AvgIpc) is 2.47. The minimum absolute atomic E-state index is 0.676. The topological polar surface area (TPSA) is 38.9 Å². The van der Waals surface area contributed by atoms with E-state index in [1.807, 2.05) is 17.1 Å². The summed E-state index contributed by atoms with van der Waals surface area (Å²) in [6.07, 6.45) is 1.21. The summed E-state index contributed by atoms with van der Waals surface area (Å²) in [4.78, 5) is 4.19. The zero-order valence-corrected chi connectivity index (χ0v) is 9.04. The zero-order valence-electron chi connectivity index (χ0n) is 7.41. The van der Waals surface area contributed by atoms with Gasteiger partial charge in [0.2, 0.25) is 0 Å². The van der Waals surface area contributed by atoms with Crippen LogP contribution in [0.15, 0.2) is 5.38 Å². The van der Waals surface area contributed by atoms with Crippen LogP contribution in [0.5, 0.6) is 0 Å². The molecule has 1 unspecified atom stereocenters. The van der Waals surface area contributed by atoms with Crippen LogP contribution in [0.4, 0.5) is 5.13 Å². The maximum absolute atomic E-state index is 5.52. The summed E-state index contributed by atoms with van der Waals surface area (Å²) in [6.45, 7) is 4.44. The lowest BCUT2D eigenvalue weighted by molar-refractivity contribution is 0.904. The highest BCUT2D eigenvalue weighted by Crippen LogP contribution is 2.21. The Morgan fingerprint density at radius 3 is 3.00 bits per heavy atom. The molecule has 0 bridgehead atoms. The quantitative estimate of drug-likeness (QED) is 0.816. The van der Waals surface area contributed by atoms with E-state index in [2.05, 4.69) is 18.8 Å². The molecule has 0 saturated heterocycles. The van der Waals surface area contributed by atoms with Crippen molar-refractivity contribution in [2.24, 2.45) is 0 Å². The van der Waals surface area contributed by atoms with Gasteiger partial charge >= 0.3 is 0 Å². The van der Waals surface area contributed by atoms with Gasteiger partial charge in [-0.05, 0) is 6.42 Å². The van der Waals surface area contributed by atoms with Gasteiger partial charge < -0.3 is 5.73 Å². The molecule has 0 aliphatic rings. The van der Waals surface area contributed by atoms with Crippen molar-refractivity contribution in [3.8, 4) is 0 Å². The van der Waals surface area contributed by atoms with E-state index in [4.69, 9.17) is 5.73 Å². The molecule has 0 spiro atoms. The van der Waals surface area contributed by atoms with E-state index in [9.17, 15) is 0 Å². The normalized spacial score (nSPS) is 13.2. The Kier molecular flexibility index (Phi) is 3.88. The molecule has 0 aliphatic heterocycles. The maximum atomic E-state index is 5.52. The first kappa shape index (κ1) is 9.86. The molecule has 2 nitrogen and oxygen atoms in total. The molecule has 0 radical (unpaired) electrons. The van der Waals surface area contributed by atoms with Crippen molar-refractivity contribution in [3.63, 3.8) is 0 Å². The number of thioether (sulfide) groups is 1. The van der Waals surface area contributed by atoms with Crippen molar-refractivity contribution in [2.75, 3.05) is 5.73 Å². The second-order valence-electron chi connectivity index (χ2n) is 2.71. The Labute approximate surface area is 81.6 Å². The first-order valence-corrected chi connectivity index (χ1v) is 5.96. The molecule has 4 heteroatoms. The molecular weight excluding hydrogens is 188 g/mol. The van der Waals surface area contributed by atoms with E-state index in [0.29, 0.717) is 10.4 Å². The molecule has 2 N–H and O–H groups in total. The van der Waals surface area contributed by atoms with Gasteiger partial charge in [-0.15, -0.1) is 11.3 Å². The number of hydrogen-bond donors (Lipinski definition) is 1. The molecule has 1 aromatic rings. The van der Waals surface area contributed by atoms with Gasteiger partial charge in [-0.25, -0.2) is 4.98 Å². The van der Waals surface area contributed by atoms with Crippen LogP contribution in [0.3, 0.4) is 0 Å². The number of nitrogens with zero attached hydrogens (tertiary/aromatic N) is 1. The van der Waals surface area contributed by atoms with Crippen LogP contribution in [-0.4, -0.2) is 10.2 Å². The Bertz CT molecular complexity index is 235. The van der Waals surface area contributed by atoms with Gasteiger partial charge in [0.15, 0.2) is 5.13 Å². The number of thiazole rings is 1. The standard InChI is InChI=1S/C8H14N2S2/c1-3-6(2)11-4-7-5-12-8(9)10-7/h5-6H,3-4H2,1-2H3,(H2,9,10). The Morgan fingerprint density at radius 2 is 2.50 bits per heavy atom.